The molecule has 0 amide bonds. The van der Waals surface area contributed by atoms with Gasteiger partial charge >= 0.3 is 103 Å². The summed E-state index contributed by atoms with van der Waals surface area (Å²) in [5, 5.41) is 60.6. The quantitative estimate of drug-likeness (QED) is 0.0204. The molecular weight excluding hydrogens is 1650 g/mol. The fourth-order valence-corrected chi connectivity index (χ4v) is 29.5. The van der Waals surface area contributed by atoms with E-state index in [4.69, 9.17) is 43.6 Å². The van der Waals surface area contributed by atoms with E-state index in [1.54, 1.807) is 27.5 Å². The maximum absolute atomic E-state index is 13.9. The first-order valence-electron chi connectivity index (χ1n) is 44.0. The molecule has 12 aliphatic rings. The Balaban J connectivity index is 0.000000206. The van der Waals surface area contributed by atoms with Crippen molar-refractivity contribution in [2.24, 2.45) is 121 Å². The molecule has 12 fully saturated rings. The molecular formula is C97H147BrK2N6O15. The van der Waals surface area contributed by atoms with Crippen molar-refractivity contribution in [3.8, 4) is 17.2 Å². The average Bonchev–Trinajstić information content (AvgIpc) is 1.45. The number of rotatable bonds is 18. The first kappa shape index (κ1) is 102. The van der Waals surface area contributed by atoms with Gasteiger partial charge in [-0.2, -0.15) is 15.3 Å². The number of nitrogens with one attached hydrogen (secondary N) is 1. The summed E-state index contributed by atoms with van der Waals surface area (Å²) in [5.41, 5.74) is 2.24. The van der Waals surface area contributed by atoms with Crippen molar-refractivity contribution in [1.29, 1.82) is 0 Å². The number of aliphatic hydroxyl groups is 3. The summed E-state index contributed by atoms with van der Waals surface area (Å²) in [6, 6.07) is 17.6. The summed E-state index contributed by atoms with van der Waals surface area (Å²) in [5.74, 6) is 11.7. The van der Waals surface area contributed by atoms with Gasteiger partial charge in [0.25, 0.3) is 6.47 Å². The number of ether oxygens (including phenoxy) is 6. The van der Waals surface area contributed by atoms with Crippen LogP contribution in [0.5, 0.6) is 17.2 Å². The van der Waals surface area contributed by atoms with Crippen LogP contribution in [-0.4, -0.2) is 154 Å². The number of alkyl halides is 1. The van der Waals surface area contributed by atoms with Crippen molar-refractivity contribution in [1.82, 2.24) is 29.8 Å². The van der Waals surface area contributed by atoms with Gasteiger partial charge in [-0.3, -0.25) is 33.6 Å². The number of halogens is 1. The standard InChI is InChI=1S/2C31H44N2O4.C23H37BrO3.C8H8N2O.CH2O3.3CH4.2K.H/c1-29(35)13-14-31(19-36-3)21(16-29)6-8-23-24-9-10-26(30(24,2)12-11-25(23)31)28(34)18-33-17-20-5-7-22(37-4)15-27(20)32-33;1-29(35)13-14-31(19-36-3)21(16-29)6-8-23-24-9-10-26(30(24,2)12-11-25(23)31)28(34)18-33-27-15-22(37-4)7-5-20(27)17-32-33;1-21(26)10-11-23(14-27-3)15(12-21)4-5-16-17-6-7-19(20(25)13-24)22(17,2)9-8-18(16)23;1-11-7-3-2-6-5-9-10-8(6)4-7;2-1-4-3;;;;;;/h2*5,7,15,17,21,23-26,35H,6,8-14,16,18-19H2,1-4H3;15-19,26H,4-14H2,1-3H3;2-5H,1H3,(H,9,10);1,3H;3*1H4;;;/q;;;;;;;;2*+1;-1/p-1/t2*21-,23-,24-,25-,26+,29+,30-,31+;15-,16-,17-,18-,19+,21+,22-,23+;;;;;;;;/m000......../s1. The molecule has 3 aromatic heterocycles. The summed E-state index contributed by atoms with van der Waals surface area (Å²) in [6.07, 6.45) is 35.4. The summed E-state index contributed by atoms with van der Waals surface area (Å²) in [6.45, 7) is 16.3. The Labute approximate surface area is 817 Å². The van der Waals surface area contributed by atoms with Gasteiger partial charge in [-0.25, -0.2) is 0 Å². The van der Waals surface area contributed by atoms with Crippen LogP contribution in [0.4, 0.5) is 0 Å². The predicted octanol–water partition coefficient (Wildman–Crippen LogP) is 12.3. The van der Waals surface area contributed by atoms with E-state index in [9.17, 15) is 29.7 Å². The van der Waals surface area contributed by atoms with E-state index in [0.29, 0.717) is 101 Å². The monoisotopic (exact) mass is 1790 g/mol. The number of hydrogen-bond acceptors (Lipinski definition) is 18. The van der Waals surface area contributed by atoms with Crippen molar-refractivity contribution >= 4 is 72.5 Å². The molecule has 3 aromatic carbocycles. The van der Waals surface area contributed by atoms with Crippen LogP contribution < -0.4 is 122 Å². The number of methoxy groups -OCH3 is 6. The number of aromatic nitrogens is 6. The van der Waals surface area contributed by atoms with Crippen LogP contribution in [0.1, 0.15) is 239 Å². The van der Waals surface area contributed by atoms with E-state index < -0.39 is 16.8 Å². The fraction of sp³-hybridized carbons (Fsp3) is 0.742. The van der Waals surface area contributed by atoms with E-state index in [0.717, 1.165) is 178 Å². The molecule has 4 N–H and O–H groups in total. The molecule has 0 aliphatic heterocycles. The Morgan fingerprint density at radius 3 is 1.29 bits per heavy atom. The summed E-state index contributed by atoms with van der Waals surface area (Å²) in [4.78, 5) is 51.5. The molecule has 0 radical (unpaired) electrons. The molecule has 0 saturated heterocycles. The van der Waals surface area contributed by atoms with E-state index in [1.165, 1.54) is 70.6 Å². The predicted molar refractivity (Wildman–Crippen MR) is 469 cm³/mol. The average molecular weight is 1800 g/mol. The molecule has 12 aliphatic carbocycles. The van der Waals surface area contributed by atoms with Crippen LogP contribution in [0.25, 0.3) is 32.7 Å². The summed E-state index contributed by atoms with van der Waals surface area (Å²) < 4.78 is 37.1. The Kier molecular flexibility index (Phi) is 35.2. The van der Waals surface area contributed by atoms with Gasteiger partial charge in [0, 0.05) is 79.6 Å². The van der Waals surface area contributed by atoms with E-state index in [1.807, 2.05) is 118 Å². The summed E-state index contributed by atoms with van der Waals surface area (Å²) in [7, 11) is 10.5. The Hall–Kier alpha value is -2.58. The van der Waals surface area contributed by atoms with Crippen LogP contribution in [0.15, 0.2) is 73.2 Å². The van der Waals surface area contributed by atoms with Gasteiger partial charge in [-0.05, 0) is 334 Å². The number of fused-ring (bicyclic) bond motifs is 18. The molecule has 3 heterocycles. The number of nitrogens with zero attached hydrogens (tertiary/aromatic N) is 5. The van der Waals surface area contributed by atoms with Crippen molar-refractivity contribution in [2.75, 3.05) is 67.8 Å². The normalized spacial score (nSPS) is 37.9. The number of Topliss-reactive ketones (excluding diaryl/α,β-unsaturated/α-hetero) is 3. The largest absolute Gasteiger partial charge is 1.00 e. The molecule has 121 heavy (non-hydrogen) atoms. The number of carbonyl (C=O) groups is 4. The van der Waals surface area contributed by atoms with Gasteiger partial charge in [0.05, 0.1) is 98.8 Å². The third kappa shape index (κ3) is 19.9. The molecule has 18 rings (SSSR count). The maximum Gasteiger partial charge on any atom is 1.00 e. The Morgan fingerprint density at radius 2 is 0.884 bits per heavy atom. The minimum atomic E-state index is -0.538. The van der Waals surface area contributed by atoms with Crippen LogP contribution in [0.2, 0.25) is 0 Å². The number of benzene rings is 3. The van der Waals surface area contributed by atoms with Crippen molar-refractivity contribution < 1.29 is 177 Å². The van der Waals surface area contributed by atoms with Crippen LogP contribution in [-0.2, 0) is 51.4 Å². The molecule has 0 bridgehead atoms. The number of carbonyl (C=O) groups excluding carboxylic acids is 4. The summed E-state index contributed by atoms with van der Waals surface area (Å²) >= 11 is 3.43. The molecule has 24 atom stereocenters. The number of ketones is 3. The van der Waals surface area contributed by atoms with Gasteiger partial charge in [0.15, 0.2) is 11.6 Å². The third-order valence-electron chi connectivity index (χ3n) is 34.4. The van der Waals surface area contributed by atoms with Crippen LogP contribution in [0, 0.1) is 121 Å². The van der Waals surface area contributed by atoms with Crippen LogP contribution in [0.3, 0.4) is 0 Å². The SMILES string of the molecule is C.C.C.COC[C@]12CC[C@@](C)(O)C[C@@H]1CC[C@H]1[C@@H]3CC[C@H](C(=O)CBr)[C@@]3(C)CC[C@@H]12.COC[C@]12CC[C@@](C)(O)C[C@@H]1CC[C@H]1[C@@H]3CC[C@H](C(=O)Cn4cc5ccc(OC)cc5n4)[C@@]3(C)CC[C@@H]12.COC[C@]12CC[C@@](C)(O)C[C@@H]1CC[C@H]1[C@@H]3CC[C@H](C(=O)Cn4ncc5ccc(OC)cc54)[C@@]3(C)CC[C@@H]12.COc1ccc2cn[nH]c2c1.O=CO[O-].[H-].[K+].[K+]. The first-order chi connectivity index (χ1) is 55.5. The second-order valence-electron chi connectivity index (χ2n) is 40.1. The maximum atomic E-state index is 13.9. The molecule has 664 valence electrons. The molecule has 24 heteroatoms. The van der Waals surface area contributed by atoms with Crippen molar-refractivity contribution in [2.45, 2.75) is 267 Å². The molecule has 6 aromatic rings. The first-order valence-corrected chi connectivity index (χ1v) is 45.1. The second-order valence-corrected chi connectivity index (χ2v) is 40.7. The zero-order chi connectivity index (χ0) is 82.5. The second kappa shape index (κ2) is 41.7. The van der Waals surface area contributed by atoms with Gasteiger partial charge in [0.1, 0.15) is 29.6 Å². The Morgan fingerprint density at radius 1 is 0.496 bits per heavy atom. The minimum Gasteiger partial charge on any atom is -1.00 e. The van der Waals surface area contributed by atoms with Gasteiger partial charge in [0.2, 0.25) is 0 Å². The van der Waals surface area contributed by atoms with Gasteiger partial charge < -0.3 is 55.3 Å². The topological polar surface area (TPSA) is 281 Å². The minimum absolute atomic E-state index is 0. The van der Waals surface area contributed by atoms with E-state index >= 15 is 0 Å². The smallest absolute Gasteiger partial charge is 1.00 e. The zero-order valence-electron chi connectivity index (χ0n) is 74.4. The Bertz CT molecular complexity index is 4440. The molecule has 21 nitrogen and oxygen atoms in total. The molecule has 0 spiro atoms. The van der Waals surface area contributed by atoms with Crippen molar-refractivity contribution in [3.05, 3.63) is 73.2 Å². The van der Waals surface area contributed by atoms with Gasteiger partial charge in [-0.1, -0.05) is 59.0 Å². The van der Waals surface area contributed by atoms with Gasteiger partial charge in [-0.15, -0.1) is 0 Å². The number of aromatic amines is 1. The third-order valence-corrected chi connectivity index (χ3v) is 35.0. The number of hydrogen-bond donors (Lipinski definition) is 4. The van der Waals surface area contributed by atoms with Crippen molar-refractivity contribution in [3.63, 3.8) is 0 Å². The fourth-order valence-electron chi connectivity index (χ4n) is 29.2. The zero-order valence-corrected chi connectivity index (χ0v) is 81.2. The van der Waals surface area contributed by atoms with E-state index in [2.05, 4.69) is 56.9 Å². The van der Waals surface area contributed by atoms with Crippen LogP contribution >= 0.6 is 15.9 Å². The number of H-pyrrole nitrogens is 1. The van der Waals surface area contributed by atoms with E-state index in [-0.39, 0.29) is 183 Å². The molecule has 12 saturated carbocycles. The molecule has 0 unspecified atom stereocenters.